The van der Waals surface area contributed by atoms with Gasteiger partial charge in [0.1, 0.15) is 5.82 Å². The maximum absolute atomic E-state index is 12.2. The Hall–Kier alpha value is -2.62. The normalized spacial score (nSPS) is 12.2. The molecule has 1 amide bonds. The van der Waals surface area contributed by atoms with Crippen molar-refractivity contribution in [2.24, 2.45) is 0 Å². The molecular formula is C20H23N3O. The minimum absolute atomic E-state index is 0.0911. The van der Waals surface area contributed by atoms with Crippen molar-refractivity contribution in [3.05, 3.63) is 66.0 Å². The molecule has 4 nitrogen and oxygen atoms in total. The summed E-state index contributed by atoms with van der Waals surface area (Å²) >= 11 is 0. The van der Waals surface area contributed by atoms with Crippen LogP contribution in [0.2, 0.25) is 0 Å². The lowest BCUT2D eigenvalue weighted by atomic mass is 9.98. The summed E-state index contributed by atoms with van der Waals surface area (Å²) in [5.41, 5.74) is 3.31. The van der Waals surface area contributed by atoms with Crippen LogP contribution in [0.25, 0.3) is 11.0 Å². The fourth-order valence-electron chi connectivity index (χ4n) is 3.04. The number of aryl methyl sites for hydroxylation is 1. The molecule has 1 heterocycles. The van der Waals surface area contributed by atoms with Crippen LogP contribution >= 0.6 is 0 Å². The maximum Gasteiger partial charge on any atom is 0.220 e. The number of rotatable bonds is 6. The van der Waals surface area contributed by atoms with Gasteiger partial charge in [0.05, 0.1) is 11.0 Å². The van der Waals surface area contributed by atoms with E-state index in [1.165, 1.54) is 5.56 Å². The maximum atomic E-state index is 12.2. The van der Waals surface area contributed by atoms with Gasteiger partial charge in [-0.15, -0.1) is 0 Å². The van der Waals surface area contributed by atoms with Gasteiger partial charge in [-0.3, -0.25) is 4.79 Å². The van der Waals surface area contributed by atoms with Crippen LogP contribution in [0.15, 0.2) is 54.6 Å². The van der Waals surface area contributed by atoms with Crippen LogP contribution in [-0.2, 0) is 11.3 Å². The van der Waals surface area contributed by atoms with Crippen molar-refractivity contribution >= 4 is 16.9 Å². The molecular weight excluding hydrogens is 298 g/mol. The molecule has 0 fully saturated rings. The predicted molar refractivity (Wildman–Crippen MR) is 97.0 cm³/mol. The first-order valence-corrected chi connectivity index (χ1v) is 8.38. The fraction of sp³-hybridized carbons (Fsp3) is 0.300. The Morgan fingerprint density at radius 3 is 2.62 bits per heavy atom. The molecule has 1 unspecified atom stereocenters. The van der Waals surface area contributed by atoms with E-state index in [2.05, 4.69) is 40.0 Å². The predicted octanol–water partition coefficient (Wildman–Crippen LogP) is 3.65. The lowest BCUT2D eigenvalue weighted by Gasteiger charge is -2.13. The highest BCUT2D eigenvalue weighted by Crippen LogP contribution is 2.18. The third-order valence-electron chi connectivity index (χ3n) is 4.36. The van der Waals surface area contributed by atoms with E-state index < -0.39 is 0 Å². The number of fused-ring (bicyclic) bond motifs is 1. The summed E-state index contributed by atoms with van der Waals surface area (Å²) in [6.07, 6.45) is 0.508. The van der Waals surface area contributed by atoms with Crippen molar-refractivity contribution in [3.8, 4) is 0 Å². The molecule has 1 N–H and O–H groups in total. The van der Waals surface area contributed by atoms with Gasteiger partial charge in [0.15, 0.2) is 0 Å². The molecule has 0 radical (unpaired) electrons. The summed E-state index contributed by atoms with van der Waals surface area (Å²) in [6, 6.07) is 18.2. The van der Waals surface area contributed by atoms with E-state index in [1.54, 1.807) is 0 Å². The van der Waals surface area contributed by atoms with Gasteiger partial charge < -0.3 is 9.88 Å². The quantitative estimate of drug-likeness (QED) is 0.753. The molecule has 0 aliphatic carbocycles. The van der Waals surface area contributed by atoms with Gasteiger partial charge in [0.2, 0.25) is 5.91 Å². The van der Waals surface area contributed by atoms with Gasteiger partial charge in [-0.2, -0.15) is 0 Å². The van der Waals surface area contributed by atoms with Crippen molar-refractivity contribution in [1.29, 1.82) is 0 Å². The first-order valence-electron chi connectivity index (χ1n) is 8.38. The molecule has 3 rings (SSSR count). The van der Waals surface area contributed by atoms with E-state index in [4.69, 9.17) is 0 Å². The molecule has 0 aliphatic heterocycles. The summed E-state index contributed by atoms with van der Waals surface area (Å²) < 4.78 is 2.15. The zero-order valence-corrected chi connectivity index (χ0v) is 14.2. The van der Waals surface area contributed by atoms with Crippen LogP contribution in [0, 0.1) is 6.92 Å². The molecule has 24 heavy (non-hydrogen) atoms. The van der Waals surface area contributed by atoms with Crippen molar-refractivity contribution < 1.29 is 4.79 Å². The molecule has 1 atom stereocenters. The SMILES string of the molecule is Cc1nc2ccccc2n1CCNC(=O)CC(C)c1ccccc1. The Morgan fingerprint density at radius 2 is 1.83 bits per heavy atom. The summed E-state index contributed by atoms with van der Waals surface area (Å²) in [4.78, 5) is 16.7. The highest BCUT2D eigenvalue weighted by atomic mass is 16.1. The van der Waals surface area contributed by atoms with Crippen LogP contribution < -0.4 is 5.32 Å². The Bertz CT molecular complexity index is 823. The van der Waals surface area contributed by atoms with Gasteiger partial charge in [0.25, 0.3) is 0 Å². The third-order valence-corrected chi connectivity index (χ3v) is 4.36. The third kappa shape index (κ3) is 3.65. The second-order valence-corrected chi connectivity index (χ2v) is 6.17. The topological polar surface area (TPSA) is 46.9 Å². The highest BCUT2D eigenvalue weighted by Gasteiger charge is 2.11. The van der Waals surface area contributed by atoms with Crippen molar-refractivity contribution in [2.75, 3.05) is 6.54 Å². The molecule has 4 heteroatoms. The summed E-state index contributed by atoms with van der Waals surface area (Å²) in [5, 5.41) is 3.03. The number of hydrogen-bond donors (Lipinski definition) is 1. The lowest BCUT2D eigenvalue weighted by molar-refractivity contribution is -0.121. The lowest BCUT2D eigenvalue weighted by Crippen LogP contribution is -2.28. The van der Waals surface area contributed by atoms with Gasteiger partial charge in [-0.05, 0) is 30.5 Å². The molecule has 0 aliphatic rings. The summed E-state index contributed by atoms with van der Waals surface area (Å²) in [6.45, 7) is 5.43. The molecule has 3 aromatic rings. The van der Waals surface area contributed by atoms with Gasteiger partial charge in [-0.25, -0.2) is 4.98 Å². The number of nitrogens with zero attached hydrogens (tertiary/aromatic N) is 2. The Labute approximate surface area is 142 Å². The Balaban J connectivity index is 1.54. The Morgan fingerprint density at radius 1 is 1.12 bits per heavy atom. The zero-order chi connectivity index (χ0) is 16.9. The van der Waals surface area contributed by atoms with Gasteiger partial charge in [-0.1, -0.05) is 49.4 Å². The summed E-state index contributed by atoms with van der Waals surface area (Å²) in [5.74, 6) is 1.29. The molecule has 1 aromatic heterocycles. The first kappa shape index (κ1) is 16.2. The van der Waals surface area contributed by atoms with Crippen LogP contribution in [0.5, 0.6) is 0 Å². The molecule has 124 valence electrons. The molecule has 2 aromatic carbocycles. The number of carbonyl (C=O) groups excluding carboxylic acids is 1. The minimum Gasteiger partial charge on any atom is -0.354 e. The highest BCUT2D eigenvalue weighted by molar-refractivity contribution is 5.77. The van der Waals surface area contributed by atoms with Crippen LogP contribution in [0.1, 0.15) is 30.7 Å². The molecule has 0 spiro atoms. The number of amides is 1. The monoisotopic (exact) mass is 321 g/mol. The van der Waals surface area contributed by atoms with Crippen LogP contribution in [0.3, 0.4) is 0 Å². The van der Waals surface area contributed by atoms with Gasteiger partial charge in [0, 0.05) is 19.5 Å². The number of hydrogen-bond acceptors (Lipinski definition) is 2. The minimum atomic E-state index is 0.0911. The van der Waals surface area contributed by atoms with Gasteiger partial charge >= 0.3 is 0 Å². The number of nitrogens with one attached hydrogen (secondary N) is 1. The largest absolute Gasteiger partial charge is 0.354 e. The average Bonchev–Trinajstić information content (AvgIpc) is 2.91. The van der Waals surface area contributed by atoms with E-state index in [9.17, 15) is 4.79 Å². The van der Waals surface area contributed by atoms with Crippen LogP contribution in [-0.4, -0.2) is 22.0 Å². The van der Waals surface area contributed by atoms with Crippen molar-refractivity contribution in [3.63, 3.8) is 0 Å². The van der Waals surface area contributed by atoms with E-state index in [0.717, 1.165) is 23.4 Å². The fourth-order valence-corrected chi connectivity index (χ4v) is 3.04. The number of para-hydroxylation sites is 2. The first-order chi connectivity index (χ1) is 11.6. The molecule has 0 bridgehead atoms. The van der Waals surface area contributed by atoms with Crippen molar-refractivity contribution in [2.45, 2.75) is 32.7 Å². The van der Waals surface area contributed by atoms with E-state index >= 15 is 0 Å². The second-order valence-electron chi connectivity index (χ2n) is 6.17. The zero-order valence-electron chi connectivity index (χ0n) is 14.2. The standard InChI is InChI=1S/C20H23N3O/c1-15(17-8-4-3-5-9-17)14-20(24)21-12-13-23-16(2)22-18-10-6-7-11-19(18)23/h3-11,15H,12-14H2,1-2H3,(H,21,24). The number of aromatic nitrogens is 2. The average molecular weight is 321 g/mol. The molecule has 0 saturated carbocycles. The van der Waals surface area contributed by atoms with Crippen molar-refractivity contribution in [1.82, 2.24) is 14.9 Å². The van der Waals surface area contributed by atoms with E-state index in [0.29, 0.717) is 13.0 Å². The number of imidazole rings is 1. The smallest absolute Gasteiger partial charge is 0.220 e. The van der Waals surface area contributed by atoms with E-state index in [-0.39, 0.29) is 11.8 Å². The number of carbonyl (C=O) groups is 1. The van der Waals surface area contributed by atoms with Crippen LogP contribution in [0.4, 0.5) is 0 Å². The summed E-state index contributed by atoms with van der Waals surface area (Å²) in [7, 11) is 0. The number of benzene rings is 2. The van der Waals surface area contributed by atoms with E-state index in [1.807, 2.05) is 43.3 Å². The second kappa shape index (κ2) is 7.30. The Kier molecular flexibility index (Phi) is 4.94. The molecule has 0 saturated heterocycles.